The number of thiazole rings is 1. The molecular formula is C28H32N8O6S. The van der Waals surface area contributed by atoms with Crippen LogP contribution in [0.2, 0.25) is 0 Å². The number of likely N-dealkylation sites (N-methyl/N-ethyl adjacent to an activating group) is 1. The number of aryl methyl sites for hydroxylation is 1. The number of benzene rings is 1. The van der Waals surface area contributed by atoms with Crippen LogP contribution >= 0.6 is 11.3 Å². The van der Waals surface area contributed by atoms with Crippen LogP contribution in [0.4, 0.5) is 22.7 Å². The van der Waals surface area contributed by atoms with Gasteiger partial charge in [-0.2, -0.15) is 9.97 Å². The molecule has 4 heterocycles. The molecule has 1 fully saturated rings. The summed E-state index contributed by atoms with van der Waals surface area (Å²) in [4.78, 5) is 69.4. The normalized spacial score (nSPS) is 14.4. The Hall–Kier alpha value is -4.63. The first-order valence-electron chi connectivity index (χ1n) is 13.8. The molecule has 2 aliphatic heterocycles. The SMILES string of the molecule is CCOC(=O)c1sc(Nc2nc(N3CCNC(=O)C3)c3c(n2)N(Cc2ccc(C(=O)N(C)CCO)cc2)C(=O)C3)nc1C. The van der Waals surface area contributed by atoms with Crippen LogP contribution in [-0.2, 0) is 27.3 Å². The fourth-order valence-corrected chi connectivity index (χ4v) is 5.70. The molecule has 43 heavy (non-hydrogen) atoms. The van der Waals surface area contributed by atoms with Gasteiger partial charge in [0.25, 0.3) is 5.91 Å². The van der Waals surface area contributed by atoms with Gasteiger partial charge in [-0.15, -0.1) is 0 Å². The number of nitrogens with one attached hydrogen (secondary N) is 2. The van der Waals surface area contributed by atoms with Crippen molar-refractivity contribution in [3.8, 4) is 0 Å². The van der Waals surface area contributed by atoms with Crippen molar-refractivity contribution < 1.29 is 29.0 Å². The van der Waals surface area contributed by atoms with Gasteiger partial charge in [-0.1, -0.05) is 23.5 Å². The summed E-state index contributed by atoms with van der Waals surface area (Å²) in [6.07, 6.45) is 0.0644. The second kappa shape index (κ2) is 12.7. The van der Waals surface area contributed by atoms with E-state index in [-0.39, 0.29) is 62.9 Å². The Morgan fingerprint density at radius 2 is 1.91 bits per heavy atom. The molecule has 0 radical (unpaired) electrons. The number of esters is 1. The van der Waals surface area contributed by atoms with Crippen LogP contribution in [0.5, 0.6) is 0 Å². The minimum atomic E-state index is -0.468. The summed E-state index contributed by atoms with van der Waals surface area (Å²) in [5, 5.41) is 15.4. The standard InChI is InChI=1S/C28H32N8O6S/c1-4-42-26(41)22-16(2)30-28(43-22)33-27-31-23(35-10-9-29-20(38)15-35)19-13-21(39)36(24(19)32-27)14-17-5-7-18(8-6-17)25(40)34(3)11-12-37/h5-8,37H,4,9-15H2,1-3H3,(H,29,38)(H,30,31,32,33). The van der Waals surface area contributed by atoms with E-state index in [9.17, 15) is 19.2 Å². The lowest BCUT2D eigenvalue weighted by molar-refractivity contribution is -0.120. The van der Waals surface area contributed by atoms with Crippen LogP contribution < -0.4 is 20.4 Å². The number of hydrogen-bond donors (Lipinski definition) is 3. The van der Waals surface area contributed by atoms with E-state index >= 15 is 0 Å². The first-order valence-corrected chi connectivity index (χ1v) is 14.6. The monoisotopic (exact) mass is 608 g/mol. The number of rotatable bonds is 10. The average molecular weight is 609 g/mol. The van der Waals surface area contributed by atoms with Crippen LogP contribution in [0, 0.1) is 6.92 Å². The summed E-state index contributed by atoms with van der Waals surface area (Å²) in [5.41, 5.74) is 2.36. The lowest BCUT2D eigenvalue weighted by atomic mass is 10.1. The molecule has 3 N–H and O–H groups in total. The molecule has 1 saturated heterocycles. The van der Waals surface area contributed by atoms with Gasteiger partial charge in [-0.3, -0.25) is 24.6 Å². The largest absolute Gasteiger partial charge is 0.462 e. The molecule has 0 spiro atoms. The van der Waals surface area contributed by atoms with E-state index in [1.807, 2.05) is 4.90 Å². The Balaban J connectivity index is 1.46. The van der Waals surface area contributed by atoms with Crippen molar-refractivity contribution in [3.05, 3.63) is 51.5 Å². The number of amides is 3. The van der Waals surface area contributed by atoms with E-state index in [2.05, 4.69) is 20.6 Å². The molecule has 5 rings (SSSR count). The van der Waals surface area contributed by atoms with Crippen LogP contribution in [0.15, 0.2) is 24.3 Å². The van der Waals surface area contributed by atoms with Gasteiger partial charge in [0.05, 0.1) is 38.4 Å². The number of aliphatic hydroxyl groups is 1. The minimum Gasteiger partial charge on any atom is -0.462 e. The lowest BCUT2D eigenvalue weighted by Gasteiger charge is -2.29. The van der Waals surface area contributed by atoms with E-state index in [0.717, 1.165) is 16.9 Å². The number of carbonyl (C=O) groups is 4. The van der Waals surface area contributed by atoms with Gasteiger partial charge >= 0.3 is 5.97 Å². The first kappa shape index (κ1) is 29.8. The molecule has 226 valence electrons. The average Bonchev–Trinajstić information content (AvgIpc) is 3.51. The van der Waals surface area contributed by atoms with Gasteiger partial charge in [-0.25, -0.2) is 9.78 Å². The molecule has 14 nitrogen and oxygen atoms in total. The summed E-state index contributed by atoms with van der Waals surface area (Å²) < 4.78 is 5.12. The zero-order valence-corrected chi connectivity index (χ0v) is 24.9. The van der Waals surface area contributed by atoms with Crippen molar-refractivity contribution >= 4 is 57.7 Å². The summed E-state index contributed by atoms with van der Waals surface area (Å²) >= 11 is 1.11. The predicted octanol–water partition coefficient (Wildman–Crippen LogP) is 1.25. The Morgan fingerprint density at radius 3 is 2.60 bits per heavy atom. The van der Waals surface area contributed by atoms with Crippen LogP contribution in [-0.4, -0.2) is 95.1 Å². The summed E-state index contributed by atoms with van der Waals surface area (Å²) in [5.74, 6) is 0.0341. The van der Waals surface area contributed by atoms with Crippen molar-refractivity contribution in [3.63, 3.8) is 0 Å². The smallest absolute Gasteiger partial charge is 0.350 e. The van der Waals surface area contributed by atoms with E-state index in [1.165, 1.54) is 4.90 Å². The highest BCUT2D eigenvalue weighted by Gasteiger charge is 2.35. The number of carbonyl (C=O) groups excluding carboxylic acids is 4. The molecule has 3 aromatic rings. The third-order valence-corrected chi connectivity index (χ3v) is 8.04. The van der Waals surface area contributed by atoms with Crippen molar-refractivity contribution in [1.29, 1.82) is 0 Å². The number of nitrogens with zero attached hydrogens (tertiary/aromatic N) is 6. The van der Waals surface area contributed by atoms with Crippen molar-refractivity contribution in [2.24, 2.45) is 0 Å². The highest BCUT2D eigenvalue weighted by atomic mass is 32.1. The fourth-order valence-electron chi connectivity index (χ4n) is 4.85. The molecular weight excluding hydrogens is 576 g/mol. The maximum atomic E-state index is 13.3. The number of aromatic nitrogens is 3. The highest BCUT2D eigenvalue weighted by Crippen LogP contribution is 2.37. The summed E-state index contributed by atoms with van der Waals surface area (Å²) in [6, 6.07) is 6.92. The molecule has 1 aromatic carbocycles. The molecule has 3 amide bonds. The quantitative estimate of drug-likeness (QED) is 0.283. The maximum absolute atomic E-state index is 13.3. The molecule has 2 aromatic heterocycles. The topological polar surface area (TPSA) is 170 Å². The molecule has 0 atom stereocenters. The molecule has 0 bridgehead atoms. The lowest BCUT2D eigenvalue weighted by Crippen LogP contribution is -2.48. The molecule has 0 saturated carbocycles. The van der Waals surface area contributed by atoms with Crippen LogP contribution in [0.3, 0.4) is 0 Å². The Kier molecular flexibility index (Phi) is 8.82. The van der Waals surface area contributed by atoms with Crippen molar-refractivity contribution in [2.45, 2.75) is 26.8 Å². The summed E-state index contributed by atoms with van der Waals surface area (Å²) in [7, 11) is 1.62. The van der Waals surface area contributed by atoms with E-state index < -0.39 is 5.97 Å². The maximum Gasteiger partial charge on any atom is 0.350 e. The molecule has 2 aliphatic rings. The highest BCUT2D eigenvalue weighted by molar-refractivity contribution is 7.17. The van der Waals surface area contributed by atoms with Gasteiger partial charge in [0.15, 0.2) is 5.13 Å². The zero-order valence-electron chi connectivity index (χ0n) is 24.0. The van der Waals surface area contributed by atoms with E-state index in [0.29, 0.717) is 51.6 Å². The van der Waals surface area contributed by atoms with Crippen molar-refractivity contribution in [1.82, 2.24) is 25.2 Å². The second-order valence-corrected chi connectivity index (χ2v) is 11.0. The minimum absolute atomic E-state index is 0.0644. The summed E-state index contributed by atoms with van der Waals surface area (Å²) in [6.45, 7) is 5.00. The number of aliphatic hydroxyl groups excluding tert-OH is 1. The number of piperazine rings is 1. The Bertz CT molecular complexity index is 1560. The molecule has 0 unspecified atom stereocenters. The number of fused-ring (bicyclic) bond motifs is 1. The number of ether oxygens (including phenoxy) is 1. The van der Waals surface area contributed by atoms with Gasteiger partial charge in [-0.05, 0) is 31.5 Å². The Morgan fingerprint density at radius 1 is 1.16 bits per heavy atom. The van der Waals surface area contributed by atoms with Gasteiger partial charge in [0.1, 0.15) is 16.5 Å². The van der Waals surface area contributed by atoms with E-state index in [4.69, 9.17) is 14.8 Å². The van der Waals surface area contributed by atoms with Crippen molar-refractivity contribution in [2.75, 3.05) is 61.6 Å². The first-order chi connectivity index (χ1) is 20.7. The van der Waals surface area contributed by atoms with Gasteiger partial charge in [0, 0.05) is 37.8 Å². The number of anilines is 4. The molecule has 15 heteroatoms. The fraction of sp³-hybridized carbons (Fsp3) is 0.393. The zero-order chi connectivity index (χ0) is 30.7. The van der Waals surface area contributed by atoms with Gasteiger partial charge in [0.2, 0.25) is 17.8 Å². The third kappa shape index (κ3) is 6.41. The Labute approximate surface area is 251 Å². The third-order valence-electron chi connectivity index (χ3n) is 6.99. The molecule has 0 aliphatic carbocycles. The second-order valence-electron chi connectivity index (χ2n) is 10.0. The van der Waals surface area contributed by atoms with E-state index in [1.54, 1.807) is 50.1 Å². The van der Waals surface area contributed by atoms with Crippen LogP contribution in [0.1, 0.15) is 43.8 Å². The number of hydrogen-bond acceptors (Lipinski definition) is 12. The van der Waals surface area contributed by atoms with Gasteiger partial charge < -0.3 is 25.0 Å². The van der Waals surface area contributed by atoms with Crippen LogP contribution in [0.25, 0.3) is 0 Å². The predicted molar refractivity (Wildman–Crippen MR) is 159 cm³/mol.